The fourth-order valence-corrected chi connectivity index (χ4v) is 14.9. The van der Waals surface area contributed by atoms with Gasteiger partial charge in [0, 0.05) is 36.4 Å². The summed E-state index contributed by atoms with van der Waals surface area (Å²) in [4.78, 5) is 0. The second-order valence-electron chi connectivity index (χ2n) is 37.9. The Morgan fingerprint density at radius 2 is 0.429 bits per heavy atom. The van der Waals surface area contributed by atoms with Crippen LogP contribution in [-0.2, 0) is 19.8 Å². The summed E-state index contributed by atoms with van der Waals surface area (Å²) in [6.45, 7) is 36.6. The zero-order valence-corrected chi connectivity index (χ0v) is 84.8. The minimum Gasteiger partial charge on any atom is -0.493 e. The van der Waals surface area contributed by atoms with Crippen LogP contribution in [0, 0.1) is 25.7 Å². The molecule has 15 aromatic rings. The molecule has 2 fully saturated rings. The molecule has 140 heavy (non-hydrogen) atoms. The average Bonchev–Trinajstić information content (AvgIpc) is 1.82. The standard InChI is InChI=1S/2C23H24O2.C22H28O2.C22H22O2.C19H22O2.C19H24O2/c2*1-17(2)20-11-13-21(14-12-20)25-23-6-4-5-22(15-23)24-16-19-9-7-18(3)8-10-19;2*1-17(2)19-11-13-20(14-12-19)24-22-10-6-9-21(15-22)23-16-18-7-4-3-5-8-18;1-14(2)16-8-10-17(11-9-16)21-19-5-3-4-18(12-19)20-13-15-6-7-15;1-4-5-13-20-18-7-6-8-19(14-18)21-17-11-9-16(10-12-17)15(2)3/h2*4-15,17H,16H2,1-3H3;6,9-15,17-18H,3-5,7-8,16H2,1-2H3;3-15,17H,16H2,1-2H3;3-5,8-12,14-15H,6-7,13H2,1-2H3;6-12,14-15H,4-5,13H2,1-3H3. The zero-order valence-electron chi connectivity index (χ0n) is 84.8. The fourth-order valence-electron chi connectivity index (χ4n) is 14.9. The zero-order chi connectivity index (χ0) is 98.6. The minimum atomic E-state index is 0.521. The third-order valence-corrected chi connectivity index (χ3v) is 24.0. The Kier molecular flexibility index (Phi) is 42.0. The van der Waals surface area contributed by atoms with Gasteiger partial charge in [-0.3, -0.25) is 0 Å². The van der Waals surface area contributed by atoms with E-state index in [2.05, 4.69) is 237 Å². The van der Waals surface area contributed by atoms with E-state index in [0.29, 0.717) is 61.2 Å². The molecule has 0 N–H and O–H groups in total. The van der Waals surface area contributed by atoms with Crippen LogP contribution < -0.4 is 56.8 Å². The van der Waals surface area contributed by atoms with Gasteiger partial charge in [0.1, 0.15) is 123 Å². The highest BCUT2D eigenvalue weighted by atomic mass is 16.5. The summed E-state index contributed by atoms with van der Waals surface area (Å²) < 4.78 is 70.6. The SMILES string of the molecule is CC(C)c1ccc(Oc2cccc(OCC3CC3)c2)cc1.CC(C)c1ccc(Oc2cccc(OCC3CCCCC3)c2)cc1.CC(C)c1ccc(Oc2cccc(OCc3ccccc3)c2)cc1.CCCCOc1cccc(Oc2ccc(C(C)C)cc2)c1.Cc1ccc(COc2cccc(Oc3ccc(C(C)C)cc3)c2)cc1.Cc1ccc(COc2cccc(Oc3ccc(C(C)C)cc3)c2)cc1. The first-order chi connectivity index (χ1) is 68.0. The largest absolute Gasteiger partial charge is 0.493 e. The van der Waals surface area contributed by atoms with Gasteiger partial charge >= 0.3 is 0 Å². The van der Waals surface area contributed by atoms with Gasteiger partial charge in [0.2, 0.25) is 0 Å². The Bertz CT molecular complexity index is 5900. The van der Waals surface area contributed by atoms with E-state index < -0.39 is 0 Å². The Morgan fingerprint density at radius 1 is 0.207 bits per heavy atom. The minimum absolute atomic E-state index is 0.521. The summed E-state index contributed by atoms with van der Waals surface area (Å²) >= 11 is 0. The van der Waals surface area contributed by atoms with Crippen molar-refractivity contribution in [2.24, 2.45) is 11.8 Å². The Hall–Kier alpha value is -14.1. The number of benzene rings is 15. The van der Waals surface area contributed by atoms with Crippen LogP contribution in [0.2, 0.25) is 0 Å². The van der Waals surface area contributed by atoms with Crippen LogP contribution in [-0.4, -0.2) is 19.8 Å². The molecule has 0 unspecified atom stereocenters. The van der Waals surface area contributed by atoms with Gasteiger partial charge in [0.05, 0.1) is 19.8 Å². The molecule has 2 saturated carbocycles. The molecule has 0 spiro atoms. The Morgan fingerprint density at radius 3 is 0.664 bits per heavy atom. The predicted octanol–water partition coefficient (Wildman–Crippen LogP) is 36.9. The number of ether oxygens (including phenoxy) is 12. The summed E-state index contributed by atoms with van der Waals surface area (Å²) in [5, 5.41) is 0. The molecular weight excluding hydrogens is 1730 g/mol. The van der Waals surface area contributed by atoms with E-state index in [1.54, 1.807) is 0 Å². The smallest absolute Gasteiger partial charge is 0.131 e. The lowest BCUT2D eigenvalue weighted by molar-refractivity contribution is 0.208. The molecule has 17 rings (SSSR count). The van der Waals surface area contributed by atoms with Gasteiger partial charge in [0.25, 0.3) is 0 Å². The second-order valence-corrected chi connectivity index (χ2v) is 37.9. The van der Waals surface area contributed by atoms with Gasteiger partial charge in [-0.05, 0) is 289 Å². The van der Waals surface area contributed by atoms with Crippen molar-refractivity contribution in [3.63, 3.8) is 0 Å². The maximum absolute atomic E-state index is 5.99. The van der Waals surface area contributed by atoms with Crippen molar-refractivity contribution in [2.75, 3.05) is 19.8 Å². The predicted molar refractivity (Wildman–Crippen MR) is 575 cm³/mol. The lowest BCUT2D eigenvalue weighted by Crippen LogP contribution is -2.15. The topological polar surface area (TPSA) is 111 Å². The van der Waals surface area contributed by atoms with Crippen molar-refractivity contribution in [1.82, 2.24) is 0 Å². The van der Waals surface area contributed by atoms with Crippen LogP contribution in [0.4, 0.5) is 0 Å². The highest BCUT2D eigenvalue weighted by Gasteiger charge is 2.22. The van der Waals surface area contributed by atoms with Gasteiger partial charge in [0.15, 0.2) is 0 Å². The van der Waals surface area contributed by atoms with Crippen molar-refractivity contribution < 1.29 is 56.8 Å². The van der Waals surface area contributed by atoms with Crippen LogP contribution in [0.5, 0.6) is 103 Å². The molecule has 728 valence electrons. The summed E-state index contributed by atoms with van der Waals surface area (Å²) in [5.41, 5.74) is 13.8. The molecule has 0 aromatic heterocycles. The Balaban J connectivity index is 0.000000151. The fraction of sp³-hybridized carbons (Fsp3) is 0.297. The van der Waals surface area contributed by atoms with Crippen LogP contribution in [0.1, 0.15) is 245 Å². The van der Waals surface area contributed by atoms with Crippen molar-refractivity contribution in [3.8, 4) is 103 Å². The van der Waals surface area contributed by atoms with Crippen LogP contribution in [0.3, 0.4) is 0 Å². The second kappa shape index (κ2) is 56.1. The molecular formula is C128H144O12. The van der Waals surface area contributed by atoms with Gasteiger partial charge in [-0.1, -0.05) is 315 Å². The van der Waals surface area contributed by atoms with E-state index in [1.165, 1.54) is 89.5 Å². The molecule has 2 aliphatic carbocycles. The molecule has 0 aliphatic heterocycles. The van der Waals surface area contributed by atoms with E-state index in [0.717, 1.165) is 159 Å². The molecule has 0 saturated heterocycles. The van der Waals surface area contributed by atoms with E-state index in [4.69, 9.17) is 56.8 Å². The van der Waals surface area contributed by atoms with Crippen LogP contribution in [0.25, 0.3) is 0 Å². The average molecular weight is 1870 g/mol. The lowest BCUT2D eigenvalue weighted by Gasteiger charge is -2.21. The maximum atomic E-state index is 5.99. The maximum Gasteiger partial charge on any atom is 0.131 e. The molecule has 0 heterocycles. The molecule has 0 radical (unpaired) electrons. The van der Waals surface area contributed by atoms with Gasteiger partial charge in [-0.25, -0.2) is 0 Å². The van der Waals surface area contributed by atoms with E-state index in [-0.39, 0.29) is 0 Å². The first-order valence-electron chi connectivity index (χ1n) is 50.2. The van der Waals surface area contributed by atoms with Crippen molar-refractivity contribution in [2.45, 2.75) is 217 Å². The highest BCUT2D eigenvalue weighted by Crippen LogP contribution is 2.37. The number of hydrogen-bond acceptors (Lipinski definition) is 12. The van der Waals surface area contributed by atoms with Crippen LogP contribution in [0.15, 0.2) is 370 Å². The normalized spacial score (nSPS) is 12.0. The van der Waals surface area contributed by atoms with Crippen molar-refractivity contribution in [3.05, 3.63) is 431 Å². The molecule has 15 aromatic carbocycles. The van der Waals surface area contributed by atoms with E-state index >= 15 is 0 Å². The van der Waals surface area contributed by atoms with Crippen molar-refractivity contribution in [1.29, 1.82) is 0 Å². The first-order valence-corrected chi connectivity index (χ1v) is 50.2. The van der Waals surface area contributed by atoms with E-state index in [1.807, 2.05) is 237 Å². The number of hydrogen-bond donors (Lipinski definition) is 0. The number of aryl methyl sites for hydroxylation is 2. The molecule has 12 nitrogen and oxygen atoms in total. The molecule has 0 amide bonds. The third kappa shape index (κ3) is 37.7. The highest BCUT2D eigenvalue weighted by molar-refractivity contribution is 5.46. The van der Waals surface area contributed by atoms with Gasteiger partial charge in [-0.15, -0.1) is 0 Å². The van der Waals surface area contributed by atoms with Crippen LogP contribution >= 0.6 is 0 Å². The van der Waals surface area contributed by atoms with Gasteiger partial charge in [-0.2, -0.15) is 0 Å². The third-order valence-electron chi connectivity index (χ3n) is 24.0. The summed E-state index contributed by atoms with van der Waals surface area (Å²) in [5.74, 6) is 19.6. The summed E-state index contributed by atoms with van der Waals surface area (Å²) in [7, 11) is 0. The first kappa shape index (κ1) is 105. The quantitative estimate of drug-likeness (QED) is 0.0346. The molecule has 0 atom stereocenters. The monoisotopic (exact) mass is 1870 g/mol. The van der Waals surface area contributed by atoms with Gasteiger partial charge < -0.3 is 56.8 Å². The summed E-state index contributed by atoms with van der Waals surface area (Å²) in [6.07, 6.45) is 11.5. The van der Waals surface area contributed by atoms with Crippen molar-refractivity contribution >= 4 is 0 Å². The Labute approximate surface area is 834 Å². The molecule has 0 bridgehead atoms. The van der Waals surface area contributed by atoms with E-state index in [9.17, 15) is 0 Å². The molecule has 12 heteroatoms. The lowest BCUT2D eigenvalue weighted by atomic mass is 9.90. The molecule has 2 aliphatic rings. The number of unbranched alkanes of at least 4 members (excludes halogenated alkanes) is 1. The summed E-state index contributed by atoms with van der Waals surface area (Å²) in [6, 6.07) is 123. The number of rotatable bonds is 37.